The normalized spacial score (nSPS) is 11.5. The molecule has 7 nitrogen and oxygen atoms in total. The molecule has 0 aliphatic heterocycles. The third-order valence-electron chi connectivity index (χ3n) is 5.98. The number of ketones is 1. The predicted octanol–water partition coefficient (Wildman–Crippen LogP) is 5.21. The maximum absolute atomic E-state index is 13.6. The summed E-state index contributed by atoms with van der Waals surface area (Å²) in [7, 11) is 0. The van der Waals surface area contributed by atoms with Gasteiger partial charge in [0.1, 0.15) is 39.7 Å². The van der Waals surface area contributed by atoms with Crippen LogP contribution in [0.1, 0.15) is 61.6 Å². The van der Waals surface area contributed by atoms with Crippen molar-refractivity contribution in [2.45, 2.75) is 58.4 Å². The summed E-state index contributed by atoms with van der Waals surface area (Å²) in [6.07, 6.45) is 6.99. The minimum atomic E-state index is -0.912. The van der Waals surface area contributed by atoms with E-state index in [4.69, 9.17) is 16.5 Å². The Morgan fingerprint density at radius 1 is 1.03 bits per heavy atom. The number of carbonyl (C=O) groups is 1. The van der Waals surface area contributed by atoms with Gasteiger partial charge in [-0.05, 0) is 43.5 Å². The number of aryl methyl sites for hydroxylation is 2. The van der Waals surface area contributed by atoms with E-state index in [1.54, 1.807) is 6.20 Å². The summed E-state index contributed by atoms with van der Waals surface area (Å²) in [4.78, 5) is 26.1. The van der Waals surface area contributed by atoms with Gasteiger partial charge in [-0.1, -0.05) is 19.8 Å². The number of fused-ring (bicyclic) bond motifs is 3. The molecular formula is C25H28F2N6O. The summed E-state index contributed by atoms with van der Waals surface area (Å²) in [6, 6.07) is 5.70. The van der Waals surface area contributed by atoms with Crippen LogP contribution in [0.4, 0.5) is 20.3 Å². The van der Waals surface area contributed by atoms with Gasteiger partial charge in [-0.25, -0.2) is 18.7 Å². The van der Waals surface area contributed by atoms with Crippen molar-refractivity contribution in [3.8, 4) is 0 Å². The smallest absolute Gasteiger partial charge is 0.163 e. The molecule has 4 rings (SSSR count). The molecule has 178 valence electrons. The average Bonchev–Trinajstić information content (AvgIpc) is 3.19. The van der Waals surface area contributed by atoms with Gasteiger partial charge in [0.05, 0.1) is 5.52 Å². The van der Waals surface area contributed by atoms with Crippen LogP contribution in [0.3, 0.4) is 0 Å². The molecule has 0 aliphatic carbocycles. The molecule has 0 radical (unpaired) electrons. The van der Waals surface area contributed by atoms with Crippen molar-refractivity contribution in [2.24, 2.45) is 0 Å². The number of imidazole rings is 1. The van der Waals surface area contributed by atoms with Crippen LogP contribution in [0.5, 0.6) is 0 Å². The summed E-state index contributed by atoms with van der Waals surface area (Å²) in [5.41, 5.74) is 14.0. The second kappa shape index (κ2) is 10.1. The van der Waals surface area contributed by atoms with Crippen molar-refractivity contribution in [1.82, 2.24) is 19.5 Å². The molecule has 3 aromatic heterocycles. The number of anilines is 2. The molecule has 0 saturated carbocycles. The number of rotatable bonds is 10. The predicted molar refractivity (Wildman–Crippen MR) is 129 cm³/mol. The fraction of sp³-hybridized carbons (Fsp3) is 0.360. The molecule has 0 bridgehead atoms. The zero-order valence-electron chi connectivity index (χ0n) is 19.2. The number of aromatic nitrogens is 4. The van der Waals surface area contributed by atoms with Crippen LogP contribution in [-0.4, -0.2) is 25.3 Å². The van der Waals surface area contributed by atoms with E-state index in [-0.39, 0.29) is 17.8 Å². The van der Waals surface area contributed by atoms with Crippen LogP contribution in [0.2, 0.25) is 0 Å². The van der Waals surface area contributed by atoms with E-state index < -0.39 is 17.3 Å². The number of nitrogens with zero attached hydrogens (tertiary/aromatic N) is 4. The first-order valence-electron chi connectivity index (χ1n) is 11.6. The Morgan fingerprint density at radius 3 is 2.53 bits per heavy atom. The van der Waals surface area contributed by atoms with Gasteiger partial charge >= 0.3 is 0 Å². The largest absolute Gasteiger partial charge is 0.394 e. The van der Waals surface area contributed by atoms with Gasteiger partial charge in [-0.3, -0.25) is 9.78 Å². The monoisotopic (exact) mass is 466 g/mol. The molecule has 0 amide bonds. The molecule has 0 saturated heterocycles. The second-order valence-electron chi connectivity index (χ2n) is 8.44. The molecule has 0 spiro atoms. The fourth-order valence-corrected chi connectivity index (χ4v) is 4.16. The number of nitrogens with two attached hydrogens (primary N) is 2. The average molecular weight is 467 g/mol. The highest BCUT2D eigenvalue weighted by Gasteiger charge is 2.18. The molecule has 4 aromatic rings. The SMILES string of the molecule is CCCCc1nc2c(N)nc3cccnc3c2n1CCCCCC(=O)c1cc(F)c(N)c(F)c1. The zero-order chi connectivity index (χ0) is 24.2. The number of hydrogen-bond donors (Lipinski definition) is 2. The van der Waals surface area contributed by atoms with E-state index in [0.29, 0.717) is 24.3 Å². The summed E-state index contributed by atoms with van der Waals surface area (Å²) in [6.45, 7) is 2.83. The van der Waals surface area contributed by atoms with Crippen molar-refractivity contribution in [1.29, 1.82) is 0 Å². The number of Topliss-reactive ketones (excluding diaryl/α,β-unsaturated/α-hetero) is 1. The van der Waals surface area contributed by atoms with Crippen LogP contribution in [0, 0.1) is 11.6 Å². The minimum absolute atomic E-state index is 0.00664. The first-order valence-corrected chi connectivity index (χ1v) is 11.6. The van der Waals surface area contributed by atoms with E-state index in [2.05, 4.69) is 21.5 Å². The molecule has 3 heterocycles. The van der Waals surface area contributed by atoms with Gasteiger partial charge in [0.2, 0.25) is 0 Å². The van der Waals surface area contributed by atoms with Gasteiger partial charge in [0, 0.05) is 31.1 Å². The number of carbonyl (C=O) groups excluding carboxylic acids is 1. The van der Waals surface area contributed by atoms with E-state index in [9.17, 15) is 13.6 Å². The lowest BCUT2D eigenvalue weighted by Crippen LogP contribution is -2.06. The molecule has 0 unspecified atom stereocenters. The molecule has 0 aliphatic rings. The van der Waals surface area contributed by atoms with Crippen LogP contribution < -0.4 is 11.5 Å². The summed E-state index contributed by atoms with van der Waals surface area (Å²) >= 11 is 0. The lowest BCUT2D eigenvalue weighted by atomic mass is 10.0. The van der Waals surface area contributed by atoms with Crippen molar-refractivity contribution in [3.05, 3.63) is 53.5 Å². The maximum Gasteiger partial charge on any atom is 0.163 e. The van der Waals surface area contributed by atoms with Crippen LogP contribution in [0.15, 0.2) is 30.5 Å². The standard InChI is InChI=1S/C25H28F2N6O/c1-2-3-10-20-32-23-24(22-18(31-25(23)29)8-7-11-30-22)33(20)12-6-4-5-9-19(34)15-13-16(26)21(28)17(27)14-15/h7-8,11,13-14H,2-6,9-10,12,28H2,1H3,(H2,29,31). The Morgan fingerprint density at radius 2 is 1.79 bits per heavy atom. The first-order chi connectivity index (χ1) is 16.4. The first kappa shape index (κ1) is 23.5. The number of pyridine rings is 2. The van der Waals surface area contributed by atoms with Gasteiger partial charge in [-0.2, -0.15) is 0 Å². The summed E-state index contributed by atoms with van der Waals surface area (Å²) in [5.74, 6) is -0.786. The van der Waals surface area contributed by atoms with Crippen molar-refractivity contribution < 1.29 is 13.6 Å². The van der Waals surface area contributed by atoms with E-state index >= 15 is 0 Å². The number of nitrogen functional groups attached to an aromatic ring is 2. The van der Waals surface area contributed by atoms with Crippen molar-refractivity contribution >= 4 is 39.4 Å². The van der Waals surface area contributed by atoms with Crippen molar-refractivity contribution in [3.63, 3.8) is 0 Å². The Kier molecular flexibility index (Phi) is 7.00. The molecule has 34 heavy (non-hydrogen) atoms. The van der Waals surface area contributed by atoms with Crippen LogP contribution in [-0.2, 0) is 13.0 Å². The highest BCUT2D eigenvalue weighted by molar-refractivity contribution is 6.04. The number of unbranched alkanes of at least 4 members (excludes halogenated alkanes) is 3. The molecule has 1 aromatic carbocycles. The maximum atomic E-state index is 13.6. The Bertz CT molecular complexity index is 1330. The van der Waals surface area contributed by atoms with E-state index in [1.165, 1.54) is 0 Å². The Balaban J connectivity index is 1.48. The van der Waals surface area contributed by atoms with Gasteiger partial charge < -0.3 is 16.0 Å². The van der Waals surface area contributed by atoms with E-state index in [1.807, 2.05) is 12.1 Å². The molecule has 9 heteroatoms. The fourth-order valence-electron chi connectivity index (χ4n) is 4.16. The number of halogens is 2. The van der Waals surface area contributed by atoms with Gasteiger partial charge in [-0.15, -0.1) is 0 Å². The number of benzene rings is 1. The lowest BCUT2D eigenvalue weighted by molar-refractivity contribution is 0.0978. The summed E-state index contributed by atoms with van der Waals surface area (Å²) < 4.78 is 29.5. The lowest BCUT2D eigenvalue weighted by Gasteiger charge is -2.10. The van der Waals surface area contributed by atoms with Crippen LogP contribution in [0.25, 0.3) is 22.1 Å². The van der Waals surface area contributed by atoms with E-state index in [0.717, 1.165) is 66.6 Å². The van der Waals surface area contributed by atoms with Crippen molar-refractivity contribution in [2.75, 3.05) is 11.5 Å². The Hall–Kier alpha value is -3.62. The minimum Gasteiger partial charge on any atom is -0.394 e. The third kappa shape index (κ3) is 4.69. The topological polar surface area (TPSA) is 113 Å². The Labute approximate surface area is 196 Å². The third-order valence-corrected chi connectivity index (χ3v) is 5.98. The molecule has 0 atom stereocenters. The molecule has 4 N–H and O–H groups in total. The van der Waals surface area contributed by atoms with Gasteiger partial charge in [0.25, 0.3) is 0 Å². The zero-order valence-corrected chi connectivity index (χ0v) is 19.2. The highest BCUT2D eigenvalue weighted by atomic mass is 19.1. The molecular weight excluding hydrogens is 438 g/mol. The van der Waals surface area contributed by atoms with Gasteiger partial charge in [0.15, 0.2) is 11.6 Å². The quantitative estimate of drug-likeness (QED) is 0.188. The van der Waals surface area contributed by atoms with Crippen LogP contribution >= 0.6 is 0 Å². The second-order valence-corrected chi connectivity index (χ2v) is 8.44. The number of hydrogen-bond acceptors (Lipinski definition) is 6. The highest BCUT2D eigenvalue weighted by Crippen LogP contribution is 2.28. The summed E-state index contributed by atoms with van der Waals surface area (Å²) in [5, 5.41) is 0. The molecule has 0 fully saturated rings.